The number of H-pyrrole nitrogens is 1. The lowest BCUT2D eigenvalue weighted by Gasteiger charge is -2.45. The largest absolute Gasteiger partial charge is 0.368 e. The second-order valence-electron chi connectivity index (χ2n) is 6.85. The number of nitrogens with two attached hydrogens (primary N) is 1. The summed E-state index contributed by atoms with van der Waals surface area (Å²) in [5.41, 5.74) is 7.28. The average Bonchev–Trinajstić information content (AvgIpc) is 2.69. The van der Waals surface area contributed by atoms with Crippen LogP contribution in [-0.4, -0.2) is 44.1 Å². The van der Waals surface area contributed by atoms with E-state index in [1.165, 1.54) is 0 Å². The van der Waals surface area contributed by atoms with Crippen molar-refractivity contribution >= 4 is 33.0 Å². The number of nitrogens with zero attached hydrogens (tertiary/aromatic N) is 3. The van der Waals surface area contributed by atoms with E-state index in [0.717, 1.165) is 11.3 Å². The Morgan fingerprint density at radius 1 is 1.25 bits per heavy atom. The van der Waals surface area contributed by atoms with Crippen LogP contribution in [0.5, 0.6) is 0 Å². The predicted molar refractivity (Wildman–Crippen MR) is 88.3 cm³/mol. The van der Waals surface area contributed by atoms with Crippen LogP contribution in [0.15, 0.2) is 6.33 Å². The average molecular weight is 296 g/mol. The van der Waals surface area contributed by atoms with Crippen molar-refractivity contribution in [1.82, 2.24) is 19.9 Å². The Bertz CT molecular complexity index is 593. The molecule has 0 fully saturated rings. The highest BCUT2D eigenvalue weighted by Crippen LogP contribution is 2.49. The normalized spacial score (nSPS) is 15.3. The van der Waals surface area contributed by atoms with Gasteiger partial charge in [-0.1, -0.05) is 20.8 Å². The van der Waals surface area contributed by atoms with E-state index >= 15 is 0 Å². The van der Waals surface area contributed by atoms with Crippen LogP contribution < -0.4 is 11.1 Å². The van der Waals surface area contributed by atoms with E-state index in [4.69, 9.17) is 5.73 Å². The van der Waals surface area contributed by atoms with Gasteiger partial charge in [0.25, 0.3) is 0 Å². The summed E-state index contributed by atoms with van der Waals surface area (Å²) in [6, 6.07) is 0. The molecule has 0 aromatic carbocycles. The molecule has 4 N–H and O–H groups in total. The summed E-state index contributed by atoms with van der Waals surface area (Å²) in [7, 11) is -0.832. The van der Waals surface area contributed by atoms with E-state index in [-0.39, 0.29) is 11.4 Å². The minimum Gasteiger partial charge on any atom is -0.368 e. The number of fused-ring (bicyclic) bond motifs is 1. The van der Waals surface area contributed by atoms with Crippen molar-refractivity contribution in [2.24, 2.45) is 5.41 Å². The van der Waals surface area contributed by atoms with Crippen LogP contribution in [0, 0.1) is 5.41 Å². The molecule has 6 nitrogen and oxygen atoms in total. The lowest BCUT2D eigenvalue weighted by atomic mass is 9.96. The lowest BCUT2D eigenvalue weighted by Crippen LogP contribution is -2.38. The highest BCUT2D eigenvalue weighted by Gasteiger charge is 2.32. The van der Waals surface area contributed by atoms with Crippen molar-refractivity contribution in [2.45, 2.75) is 26.1 Å². The molecule has 0 saturated carbocycles. The Morgan fingerprint density at radius 3 is 2.45 bits per heavy atom. The zero-order chi connectivity index (χ0) is 15.1. The van der Waals surface area contributed by atoms with Crippen molar-refractivity contribution in [3.05, 3.63) is 6.33 Å². The Balaban J connectivity index is 2.46. The molecule has 0 bridgehead atoms. The first-order valence-electron chi connectivity index (χ1n) is 6.49. The molecular weight excluding hydrogens is 272 g/mol. The first-order chi connectivity index (χ1) is 9.09. The van der Waals surface area contributed by atoms with E-state index < -0.39 is 10.0 Å². The fourth-order valence-electron chi connectivity index (χ4n) is 2.53. The molecule has 112 valence electrons. The number of imidazole rings is 1. The third-order valence-corrected chi connectivity index (χ3v) is 5.30. The summed E-state index contributed by atoms with van der Waals surface area (Å²) >= 11 is 0. The third kappa shape index (κ3) is 2.98. The van der Waals surface area contributed by atoms with Crippen LogP contribution in [0.1, 0.15) is 20.8 Å². The van der Waals surface area contributed by atoms with Crippen LogP contribution in [0.25, 0.3) is 11.2 Å². The van der Waals surface area contributed by atoms with Gasteiger partial charge in [0.05, 0.1) is 11.7 Å². The highest BCUT2D eigenvalue weighted by molar-refractivity contribution is 8.32. The fraction of sp³-hybridized carbons (Fsp3) is 0.615. The standard InChI is InChI=1S/C13H24N6S/c1-13(2,3)11(20(4,5)6)17-10-8-9(16-7-15-8)18-12(14)19-10/h7,11H,1-6H3,(H4,14,15,16,17,18,19). The molecule has 7 heteroatoms. The second-order valence-corrected chi connectivity index (χ2v) is 11.2. The smallest absolute Gasteiger partial charge is 0.224 e. The van der Waals surface area contributed by atoms with E-state index in [9.17, 15) is 0 Å². The maximum atomic E-state index is 5.77. The summed E-state index contributed by atoms with van der Waals surface area (Å²) in [5, 5.41) is 3.87. The van der Waals surface area contributed by atoms with Gasteiger partial charge >= 0.3 is 0 Å². The molecule has 0 amide bonds. The molecule has 2 aromatic rings. The van der Waals surface area contributed by atoms with Gasteiger partial charge in [0.15, 0.2) is 11.5 Å². The number of nitrogen functional groups attached to an aromatic ring is 1. The van der Waals surface area contributed by atoms with Crippen LogP contribution in [-0.2, 0) is 0 Å². The van der Waals surface area contributed by atoms with Gasteiger partial charge in [0.1, 0.15) is 5.52 Å². The summed E-state index contributed by atoms with van der Waals surface area (Å²) in [6.45, 7) is 6.70. The maximum absolute atomic E-state index is 5.77. The molecule has 1 atom stereocenters. The summed E-state index contributed by atoms with van der Waals surface area (Å²) in [6.07, 6.45) is 8.50. The Morgan fingerprint density at radius 2 is 1.90 bits per heavy atom. The van der Waals surface area contributed by atoms with Crippen molar-refractivity contribution in [3.63, 3.8) is 0 Å². The van der Waals surface area contributed by atoms with Crippen LogP contribution in [0.2, 0.25) is 0 Å². The number of aromatic nitrogens is 4. The molecule has 0 aliphatic rings. The van der Waals surface area contributed by atoms with Crippen molar-refractivity contribution in [3.8, 4) is 0 Å². The van der Waals surface area contributed by atoms with E-state index in [1.54, 1.807) is 6.33 Å². The van der Waals surface area contributed by atoms with Gasteiger partial charge in [-0.3, -0.25) is 0 Å². The first-order valence-corrected chi connectivity index (χ1v) is 9.41. The molecule has 0 aliphatic heterocycles. The molecule has 0 saturated heterocycles. The predicted octanol–water partition coefficient (Wildman–Crippen LogP) is 2.41. The first kappa shape index (κ1) is 14.9. The van der Waals surface area contributed by atoms with Crippen molar-refractivity contribution in [2.75, 3.05) is 29.8 Å². The van der Waals surface area contributed by atoms with E-state index in [0.29, 0.717) is 11.0 Å². The Labute approximate surface area is 121 Å². The molecule has 0 aliphatic carbocycles. The SMILES string of the molecule is CC(C)(C)C(Nc1nc(N)nc2nc[nH]c12)S(C)(C)C. The fourth-order valence-corrected chi connectivity index (χ4v) is 5.12. The maximum Gasteiger partial charge on any atom is 0.224 e. The lowest BCUT2D eigenvalue weighted by molar-refractivity contribution is 0.414. The molecule has 20 heavy (non-hydrogen) atoms. The minimum absolute atomic E-state index is 0.111. The number of rotatable bonds is 3. The molecule has 2 aromatic heterocycles. The number of anilines is 2. The molecule has 1 unspecified atom stereocenters. The van der Waals surface area contributed by atoms with Crippen LogP contribution >= 0.6 is 10.0 Å². The van der Waals surface area contributed by atoms with E-state index in [2.05, 4.69) is 64.8 Å². The molecule has 0 spiro atoms. The third-order valence-electron chi connectivity index (χ3n) is 3.06. The van der Waals surface area contributed by atoms with Gasteiger partial charge in [0, 0.05) is 0 Å². The van der Waals surface area contributed by atoms with Gasteiger partial charge in [-0.25, -0.2) is 15.0 Å². The summed E-state index contributed by atoms with van der Waals surface area (Å²) < 4.78 is 0. The zero-order valence-corrected chi connectivity index (χ0v) is 13.8. The minimum atomic E-state index is -0.832. The Hall–Kier alpha value is -1.50. The van der Waals surface area contributed by atoms with E-state index in [1.807, 2.05) is 0 Å². The van der Waals surface area contributed by atoms with Crippen LogP contribution in [0.3, 0.4) is 0 Å². The number of aromatic amines is 1. The number of hydrogen-bond acceptors (Lipinski definition) is 5. The second kappa shape index (κ2) is 4.80. The monoisotopic (exact) mass is 296 g/mol. The van der Waals surface area contributed by atoms with Crippen molar-refractivity contribution in [1.29, 1.82) is 0 Å². The topological polar surface area (TPSA) is 92.5 Å². The zero-order valence-electron chi connectivity index (χ0n) is 13.0. The summed E-state index contributed by atoms with van der Waals surface area (Å²) in [5.74, 6) is 0.969. The number of hydrogen-bond donors (Lipinski definition) is 3. The number of nitrogens with one attached hydrogen (secondary N) is 2. The van der Waals surface area contributed by atoms with Crippen molar-refractivity contribution < 1.29 is 0 Å². The summed E-state index contributed by atoms with van der Waals surface area (Å²) in [4.78, 5) is 15.7. The van der Waals surface area contributed by atoms with Gasteiger partial charge in [-0.05, 0) is 24.2 Å². The highest BCUT2D eigenvalue weighted by atomic mass is 32.3. The Kier molecular flexibility index (Phi) is 3.58. The van der Waals surface area contributed by atoms with Gasteiger partial charge < -0.3 is 16.0 Å². The van der Waals surface area contributed by atoms with Crippen LogP contribution in [0.4, 0.5) is 11.8 Å². The van der Waals surface area contributed by atoms with Gasteiger partial charge in [-0.15, -0.1) is 0 Å². The van der Waals surface area contributed by atoms with Gasteiger partial charge in [0.2, 0.25) is 5.95 Å². The molecule has 2 heterocycles. The quantitative estimate of drug-likeness (QED) is 0.809. The molecule has 2 rings (SSSR count). The van der Waals surface area contributed by atoms with Gasteiger partial charge in [-0.2, -0.15) is 9.97 Å². The molecule has 0 radical (unpaired) electrons. The molecular formula is C13H24N6S.